The molecule has 3 nitrogen and oxygen atoms in total. The van der Waals surface area contributed by atoms with Crippen molar-refractivity contribution < 1.29 is 73.8 Å². The van der Waals surface area contributed by atoms with Crippen LogP contribution in [0.5, 0.6) is 0 Å². The SMILES string of the molecule is N#C[S-].N#C[S-].N#C[S-].[Au+3].[K+]. The summed E-state index contributed by atoms with van der Waals surface area (Å²) >= 11 is 11.1. The van der Waals surface area contributed by atoms with E-state index in [1.165, 1.54) is 16.2 Å². The van der Waals surface area contributed by atoms with Crippen molar-refractivity contribution in [3.8, 4) is 16.2 Å². The Labute approximate surface area is 141 Å². The predicted octanol–water partition coefficient (Wildman–Crippen LogP) is -2.96. The first kappa shape index (κ1) is 29.4. The monoisotopic (exact) mass is 410 g/mol. The van der Waals surface area contributed by atoms with Crippen LogP contribution in [0, 0.1) is 32.0 Å². The van der Waals surface area contributed by atoms with Gasteiger partial charge in [0.15, 0.2) is 0 Å². The number of hydrogen-bond donors (Lipinski definition) is 0. The van der Waals surface area contributed by atoms with Crippen LogP contribution in [-0.2, 0) is 60.3 Å². The van der Waals surface area contributed by atoms with E-state index < -0.39 is 0 Å². The van der Waals surface area contributed by atoms with Gasteiger partial charge in [0.2, 0.25) is 0 Å². The largest absolute Gasteiger partial charge is 3.00 e. The summed E-state index contributed by atoms with van der Waals surface area (Å²) in [5.74, 6) is 0. The Morgan fingerprint density at radius 1 is 0.727 bits per heavy atom. The molecule has 11 heavy (non-hydrogen) atoms. The molecule has 0 aliphatic carbocycles. The van der Waals surface area contributed by atoms with E-state index in [1.807, 2.05) is 0 Å². The molecule has 0 aromatic rings. The molecule has 0 N–H and O–H groups in total. The standard InChI is InChI=1S/3CHNS.Au.K/c3*2-1-3;;/h3*3H;;/q;;;+3;+1/p-3. The van der Waals surface area contributed by atoms with E-state index in [4.69, 9.17) is 15.8 Å². The fourth-order valence-electron chi connectivity index (χ4n) is 0. The molecule has 0 radical (unpaired) electrons. The van der Waals surface area contributed by atoms with Gasteiger partial charge in [0.05, 0.1) is 0 Å². The van der Waals surface area contributed by atoms with E-state index in [-0.39, 0.29) is 73.8 Å². The van der Waals surface area contributed by atoms with E-state index in [9.17, 15) is 0 Å². The molecule has 0 atom stereocenters. The van der Waals surface area contributed by atoms with Crippen molar-refractivity contribution in [2.24, 2.45) is 0 Å². The smallest absolute Gasteiger partial charge is 0.696 e. The van der Waals surface area contributed by atoms with Gasteiger partial charge >= 0.3 is 73.8 Å². The summed E-state index contributed by atoms with van der Waals surface area (Å²) in [5.41, 5.74) is 0. The Bertz CT molecular complexity index is 117. The maximum atomic E-state index is 7.13. The molecule has 56 valence electrons. The van der Waals surface area contributed by atoms with Crippen molar-refractivity contribution in [1.29, 1.82) is 15.8 Å². The number of nitriles is 3. The van der Waals surface area contributed by atoms with E-state index >= 15 is 0 Å². The molecule has 0 saturated carbocycles. The second-order valence-corrected chi connectivity index (χ2v) is 0.822. The minimum atomic E-state index is 0. The zero-order valence-electron chi connectivity index (χ0n) is 5.37. The fraction of sp³-hybridized carbons (Fsp3) is 0. The zero-order chi connectivity index (χ0) is 8.12. The van der Waals surface area contributed by atoms with Crippen molar-refractivity contribution in [1.82, 2.24) is 0 Å². The molecule has 0 aromatic carbocycles. The molecule has 0 unspecified atom stereocenters. The summed E-state index contributed by atoms with van der Waals surface area (Å²) in [6.45, 7) is 0. The Balaban J connectivity index is -0.0000000150. The average molecular weight is 410 g/mol. The molecule has 0 fully saturated rings. The van der Waals surface area contributed by atoms with E-state index in [1.54, 1.807) is 0 Å². The van der Waals surface area contributed by atoms with Gasteiger partial charge in [-0.2, -0.15) is 0 Å². The first-order valence-corrected chi connectivity index (χ1v) is 2.51. The third kappa shape index (κ3) is 458. The van der Waals surface area contributed by atoms with Gasteiger partial charge in [0.25, 0.3) is 0 Å². The Morgan fingerprint density at radius 2 is 0.727 bits per heavy atom. The van der Waals surface area contributed by atoms with Crippen LogP contribution in [0.1, 0.15) is 0 Å². The van der Waals surface area contributed by atoms with E-state index in [2.05, 4.69) is 37.9 Å². The minimum Gasteiger partial charge on any atom is -0.696 e. The quantitative estimate of drug-likeness (QED) is 0.242. The van der Waals surface area contributed by atoms with Crippen molar-refractivity contribution in [2.75, 3.05) is 0 Å². The fourth-order valence-corrected chi connectivity index (χ4v) is 0. The van der Waals surface area contributed by atoms with Crippen LogP contribution in [0.3, 0.4) is 0 Å². The predicted molar refractivity (Wildman–Crippen MR) is 38.9 cm³/mol. The second-order valence-electron chi connectivity index (χ2n) is 0.274. The van der Waals surface area contributed by atoms with Gasteiger partial charge in [-0.25, -0.2) is 15.8 Å². The summed E-state index contributed by atoms with van der Waals surface area (Å²) < 4.78 is 0. The van der Waals surface area contributed by atoms with Gasteiger partial charge in [-0.1, -0.05) is 16.2 Å². The molecule has 0 bridgehead atoms. The summed E-state index contributed by atoms with van der Waals surface area (Å²) in [5, 5.41) is 25.4. The van der Waals surface area contributed by atoms with Crippen LogP contribution in [0.2, 0.25) is 0 Å². The van der Waals surface area contributed by atoms with Crippen molar-refractivity contribution >= 4 is 37.9 Å². The second kappa shape index (κ2) is 62.5. The molecule has 8 heteroatoms. The molecule has 0 spiro atoms. The minimum absolute atomic E-state index is 0. The molecular weight excluding hydrogens is 410 g/mol. The topological polar surface area (TPSA) is 71.4 Å². The first-order chi connectivity index (χ1) is 4.24. The van der Waals surface area contributed by atoms with E-state index in [0.29, 0.717) is 0 Å². The van der Waals surface area contributed by atoms with Gasteiger partial charge in [0.1, 0.15) is 0 Å². The van der Waals surface area contributed by atoms with Gasteiger partial charge < -0.3 is 37.9 Å². The summed E-state index contributed by atoms with van der Waals surface area (Å²) in [6.07, 6.45) is 0. The maximum Gasteiger partial charge on any atom is 3.00 e. The molecule has 0 aromatic heterocycles. The summed E-state index contributed by atoms with van der Waals surface area (Å²) in [4.78, 5) is 0. The number of hydrogen-bond acceptors (Lipinski definition) is 6. The van der Waals surface area contributed by atoms with Gasteiger partial charge in [-0.05, 0) is 0 Å². The Kier molecular flexibility index (Phi) is 167. The van der Waals surface area contributed by atoms with Crippen LogP contribution < -0.4 is 51.4 Å². The van der Waals surface area contributed by atoms with Crippen LogP contribution >= 0.6 is 0 Å². The van der Waals surface area contributed by atoms with Crippen LogP contribution in [0.15, 0.2) is 0 Å². The molecule has 0 aliphatic rings. The zero-order valence-corrected chi connectivity index (χ0v) is 13.1. The maximum absolute atomic E-state index is 7.13. The summed E-state index contributed by atoms with van der Waals surface area (Å²) in [6, 6.07) is 0. The number of nitrogens with zero attached hydrogens (tertiary/aromatic N) is 3. The van der Waals surface area contributed by atoms with Gasteiger partial charge in [-0.3, -0.25) is 0 Å². The molecule has 0 amide bonds. The average Bonchev–Trinajstić information content (AvgIpc) is 1.70. The molecule has 0 aliphatic heterocycles. The molecule has 0 saturated heterocycles. The number of rotatable bonds is 0. The summed E-state index contributed by atoms with van der Waals surface area (Å²) in [7, 11) is 0. The van der Waals surface area contributed by atoms with Crippen molar-refractivity contribution in [3.05, 3.63) is 0 Å². The third-order valence-electron chi connectivity index (χ3n) is 0. The Morgan fingerprint density at radius 3 is 0.727 bits per heavy atom. The van der Waals surface area contributed by atoms with Crippen LogP contribution in [-0.4, -0.2) is 0 Å². The van der Waals surface area contributed by atoms with Crippen LogP contribution in [0.25, 0.3) is 0 Å². The van der Waals surface area contributed by atoms with Crippen molar-refractivity contribution in [3.63, 3.8) is 0 Å². The molecular formula is C3AuKN3S3+. The van der Waals surface area contributed by atoms with Crippen LogP contribution in [0.4, 0.5) is 0 Å². The van der Waals surface area contributed by atoms with E-state index in [0.717, 1.165) is 0 Å². The van der Waals surface area contributed by atoms with Crippen molar-refractivity contribution in [2.45, 2.75) is 0 Å². The van der Waals surface area contributed by atoms with Gasteiger partial charge in [0, 0.05) is 0 Å². The first-order valence-electron chi connectivity index (χ1n) is 1.28. The number of thiocyanates is 3. The molecule has 0 heterocycles. The normalized spacial score (nSPS) is 1.91. The Hall–Kier alpha value is 1.51. The third-order valence-corrected chi connectivity index (χ3v) is 0. The van der Waals surface area contributed by atoms with Gasteiger partial charge in [-0.15, -0.1) is 0 Å². The molecule has 0 rings (SSSR count).